The highest BCUT2D eigenvalue weighted by Crippen LogP contribution is 2.38. The zero-order valence-corrected chi connectivity index (χ0v) is 22.6. The average molecular weight is 537 g/mol. The maximum absolute atomic E-state index is 13.4. The van der Waals surface area contributed by atoms with Gasteiger partial charge in [-0.1, -0.05) is 12.1 Å². The van der Waals surface area contributed by atoms with Gasteiger partial charge < -0.3 is 25.2 Å². The first-order valence-electron chi connectivity index (χ1n) is 12.5. The van der Waals surface area contributed by atoms with Crippen molar-refractivity contribution in [3.8, 4) is 0 Å². The van der Waals surface area contributed by atoms with Gasteiger partial charge in [0, 0.05) is 41.9 Å². The fraction of sp³-hybridized carbons (Fsp3) is 0.167. The van der Waals surface area contributed by atoms with Gasteiger partial charge in [0.1, 0.15) is 0 Å². The van der Waals surface area contributed by atoms with Gasteiger partial charge in [-0.15, -0.1) is 0 Å². The molecule has 10 heteroatoms. The highest BCUT2D eigenvalue weighted by Gasteiger charge is 2.29. The smallest absolute Gasteiger partial charge is 0.337 e. The van der Waals surface area contributed by atoms with Crippen LogP contribution >= 0.6 is 0 Å². The summed E-state index contributed by atoms with van der Waals surface area (Å²) in [6.07, 6.45) is 3.24. The zero-order valence-electron chi connectivity index (χ0n) is 22.6. The maximum atomic E-state index is 13.4. The van der Waals surface area contributed by atoms with E-state index in [4.69, 9.17) is 4.74 Å². The summed E-state index contributed by atoms with van der Waals surface area (Å²) in [5.41, 5.74) is 6.05. The van der Waals surface area contributed by atoms with Crippen LogP contribution in [0.1, 0.15) is 21.5 Å². The van der Waals surface area contributed by atoms with E-state index in [-0.39, 0.29) is 11.8 Å². The molecule has 0 spiro atoms. The number of carbonyl (C=O) groups excluding carboxylic acids is 3. The third-order valence-corrected chi connectivity index (χ3v) is 6.54. The Labute approximate surface area is 231 Å². The first-order valence-corrected chi connectivity index (χ1v) is 12.5. The number of fused-ring (bicyclic) bond motifs is 2. The van der Waals surface area contributed by atoms with Gasteiger partial charge in [-0.3, -0.25) is 19.6 Å². The van der Waals surface area contributed by atoms with Crippen molar-refractivity contribution >= 4 is 57.1 Å². The van der Waals surface area contributed by atoms with Crippen LogP contribution in [0.25, 0.3) is 22.3 Å². The van der Waals surface area contributed by atoms with Crippen molar-refractivity contribution in [3.63, 3.8) is 0 Å². The van der Waals surface area contributed by atoms with Crippen molar-refractivity contribution in [3.05, 3.63) is 89.7 Å². The second-order valence-electron chi connectivity index (χ2n) is 9.58. The van der Waals surface area contributed by atoms with Gasteiger partial charge in [0.05, 0.1) is 47.2 Å². The highest BCUT2D eigenvalue weighted by atomic mass is 16.5. The molecular formula is C30H28N6O4. The van der Waals surface area contributed by atoms with E-state index in [2.05, 4.69) is 20.6 Å². The molecule has 1 aromatic heterocycles. The first-order chi connectivity index (χ1) is 19.2. The summed E-state index contributed by atoms with van der Waals surface area (Å²) in [4.78, 5) is 50.1. The minimum Gasteiger partial charge on any atom is -0.465 e. The lowest BCUT2D eigenvalue weighted by molar-refractivity contribution is -0.119. The van der Waals surface area contributed by atoms with Gasteiger partial charge in [0.2, 0.25) is 5.91 Å². The Morgan fingerprint density at radius 3 is 2.30 bits per heavy atom. The van der Waals surface area contributed by atoms with E-state index < -0.39 is 5.97 Å². The number of methoxy groups -OCH3 is 1. The van der Waals surface area contributed by atoms with Crippen LogP contribution in [-0.2, 0) is 14.3 Å². The molecule has 10 nitrogen and oxygen atoms in total. The number of anilines is 3. The number of carbonyl (C=O) groups is 3. The lowest BCUT2D eigenvalue weighted by atomic mass is 9.98. The van der Waals surface area contributed by atoms with E-state index in [1.807, 2.05) is 61.5 Å². The number of rotatable bonds is 7. The van der Waals surface area contributed by atoms with Crippen LogP contribution in [0.5, 0.6) is 0 Å². The molecule has 2 amide bonds. The Balaban J connectivity index is 1.58. The molecule has 0 aliphatic carbocycles. The number of amides is 2. The Hall–Kier alpha value is -5.09. The third-order valence-electron chi connectivity index (χ3n) is 6.54. The van der Waals surface area contributed by atoms with Crippen LogP contribution in [0, 0.1) is 0 Å². The fourth-order valence-corrected chi connectivity index (χ4v) is 4.50. The van der Waals surface area contributed by atoms with Crippen LogP contribution in [0.4, 0.5) is 17.1 Å². The molecule has 2 heterocycles. The van der Waals surface area contributed by atoms with E-state index in [1.165, 1.54) is 7.11 Å². The lowest BCUT2D eigenvalue weighted by Crippen LogP contribution is -2.34. The molecule has 0 fully saturated rings. The van der Waals surface area contributed by atoms with Crippen LogP contribution < -0.4 is 15.5 Å². The molecule has 40 heavy (non-hydrogen) atoms. The van der Waals surface area contributed by atoms with E-state index >= 15 is 0 Å². The minimum atomic E-state index is -0.491. The van der Waals surface area contributed by atoms with Crippen molar-refractivity contribution in [2.75, 3.05) is 50.3 Å². The quantitative estimate of drug-likeness (QED) is 0.270. The summed E-state index contributed by atoms with van der Waals surface area (Å²) < 4.78 is 4.83. The van der Waals surface area contributed by atoms with Crippen molar-refractivity contribution < 1.29 is 19.1 Å². The largest absolute Gasteiger partial charge is 0.465 e. The summed E-state index contributed by atoms with van der Waals surface area (Å²) in [6.45, 7) is 0.295. The standard InChI is InChI=1S/C30H28N6O4/c1-35(2)17-26(37)36(3)21-9-7-20(8-10-21)33-28(18-6-12-23-25(15-18)32-14-13-31-23)27-22-11-5-19(30(39)40-4)16-24(22)34-29(27)38/h5-16,33H,17H2,1-4H3,(H,34,38). The average Bonchev–Trinajstić information content (AvgIpc) is 3.29. The molecule has 202 valence electrons. The fourth-order valence-electron chi connectivity index (χ4n) is 4.50. The van der Waals surface area contributed by atoms with Gasteiger partial charge in [0.15, 0.2) is 0 Å². The Morgan fingerprint density at radius 2 is 1.60 bits per heavy atom. The monoisotopic (exact) mass is 536 g/mol. The predicted octanol–water partition coefficient (Wildman–Crippen LogP) is 3.87. The molecule has 0 bridgehead atoms. The Bertz CT molecular complexity index is 1660. The number of hydrogen-bond acceptors (Lipinski definition) is 8. The summed E-state index contributed by atoms with van der Waals surface area (Å²) in [7, 11) is 6.74. The third kappa shape index (κ3) is 5.25. The molecule has 2 N–H and O–H groups in total. The number of likely N-dealkylation sites (N-methyl/N-ethyl adjacent to an activating group) is 2. The van der Waals surface area contributed by atoms with E-state index in [0.29, 0.717) is 45.8 Å². The molecule has 0 radical (unpaired) electrons. The second-order valence-corrected chi connectivity index (χ2v) is 9.58. The maximum Gasteiger partial charge on any atom is 0.337 e. The second kappa shape index (κ2) is 11.0. The molecule has 0 atom stereocenters. The number of hydrogen-bond donors (Lipinski definition) is 2. The Morgan fingerprint density at radius 1 is 0.900 bits per heavy atom. The molecule has 0 unspecified atom stereocenters. The Kier molecular flexibility index (Phi) is 7.26. The minimum absolute atomic E-state index is 0.0312. The summed E-state index contributed by atoms with van der Waals surface area (Å²) >= 11 is 0. The summed E-state index contributed by atoms with van der Waals surface area (Å²) in [5, 5.41) is 6.29. The number of ether oxygens (including phenoxy) is 1. The van der Waals surface area contributed by atoms with E-state index in [1.54, 1.807) is 42.5 Å². The molecule has 0 saturated carbocycles. The summed E-state index contributed by atoms with van der Waals surface area (Å²) in [5.74, 6) is -0.837. The van der Waals surface area contributed by atoms with Crippen LogP contribution in [0.3, 0.4) is 0 Å². The molecule has 1 aliphatic heterocycles. The zero-order chi connectivity index (χ0) is 28.4. The predicted molar refractivity (Wildman–Crippen MR) is 155 cm³/mol. The molecule has 5 rings (SSSR count). The van der Waals surface area contributed by atoms with E-state index in [0.717, 1.165) is 16.8 Å². The van der Waals surface area contributed by atoms with Crippen molar-refractivity contribution in [2.24, 2.45) is 0 Å². The first kappa shape index (κ1) is 26.5. The number of benzene rings is 3. The SMILES string of the molecule is COC(=O)c1ccc2c(c1)NC(=O)C2=C(Nc1ccc(N(C)C(=O)CN(C)C)cc1)c1ccc2nccnc2c1. The van der Waals surface area contributed by atoms with Gasteiger partial charge in [-0.05, 0) is 62.6 Å². The van der Waals surface area contributed by atoms with Gasteiger partial charge >= 0.3 is 5.97 Å². The number of esters is 1. The van der Waals surface area contributed by atoms with Gasteiger partial charge in [-0.25, -0.2) is 4.79 Å². The van der Waals surface area contributed by atoms with Crippen molar-refractivity contribution in [1.29, 1.82) is 0 Å². The topological polar surface area (TPSA) is 117 Å². The highest BCUT2D eigenvalue weighted by molar-refractivity contribution is 6.37. The van der Waals surface area contributed by atoms with Crippen LogP contribution in [0.2, 0.25) is 0 Å². The van der Waals surface area contributed by atoms with E-state index in [9.17, 15) is 14.4 Å². The van der Waals surface area contributed by atoms with Crippen molar-refractivity contribution in [1.82, 2.24) is 14.9 Å². The lowest BCUT2D eigenvalue weighted by Gasteiger charge is -2.20. The number of nitrogens with zero attached hydrogens (tertiary/aromatic N) is 4. The molecule has 3 aromatic carbocycles. The normalized spacial score (nSPS) is 13.6. The van der Waals surface area contributed by atoms with Crippen molar-refractivity contribution in [2.45, 2.75) is 0 Å². The number of nitrogens with one attached hydrogen (secondary N) is 2. The number of aromatic nitrogens is 2. The van der Waals surface area contributed by atoms with Crippen LogP contribution in [0.15, 0.2) is 73.1 Å². The molecule has 0 saturated heterocycles. The molecule has 1 aliphatic rings. The summed E-state index contributed by atoms with van der Waals surface area (Å²) in [6, 6.07) is 17.9. The van der Waals surface area contributed by atoms with Gasteiger partial charge in [0.25, 0.3) is 5.91 Å². The molecule has 4 aromatic rings. The van der Waals surface area contributed by atoms with Crippen LogP contribution in [-0.4, -0.2) is 67.4 Å². The van der Waals surface area contributed by atoms with Gasteiger partial charge in [-0.2, -0.15) is 0 Å². The molecular weight excluding hydrogens is 508 g/mol.